The molecule has 45 heavy (non-hydrogen) atoms. The largest absolute Gasteiger partial charge is 0.494 e. The van der Waals surface area contributed by atoms with E-state index in [1.807, 2.05) is 49.9 Å². The van der Waals surface area contributed by atoms with Crippen molar-refractivity contribution < 1.29 is 24.2 Å². The molecule has 2 bridgehead atoms. The number of hydrogen-bond donors (Lipinski definition) is 1. The molecule has 3 amide bonds. The van der Waals surface area contributed by atoms with Crippen molar-refractivity contribution in [2.24, 2.45) is 17.8 Å². The Balaban J connectivity index is 1.55. The zero-order chi connectivity index (χ0) is 32.3. The highest BCUT2D eigenvalue weighted by Gasteiger charge is 2.75. The molecule has 1 saturated carbocycles. The molecule has 1 aliphatic carbocycles. The van der Waals surface area contributed by atoms with Gasteiger partial charge in [-0.2, -0.15) is 0 Å². The highest BCUT2D eigenvalue weighted by Crippen LogP contribution is 2.67. The van der Waals surface area contributed by atoms with Crippen LogP contribution in [-0.2, 0) is 14.4 Å². The van der Waals surface area contributed by atoms with E-state index in [0.717, 1.165) is 50.0 Å². The molecule has 1 N–H and O–H groups in total. The lowest BCUT2D eigenvalue weighted by atomic mass is 9.70. The number of thioether (sulfide) groups is 1. The van der Waals surface area contributed by atoms with Crippen LogP contribution in [0, 0.1) is 17.8 Å². The van der Waals surface area contributed by atoms with Crippen molar-refractivity contribution in [1.82, 2.24) is 9.80 Å². The van der Waals surface area contributed by atoms with E-state index in [1.165, 1.54) is 6.42 Å². The van der Waals surface area contributed by atoms with Crippen molar-refractivity contribution >= 4 is 35.2 Å². The lowest BCUT2D eigenvalue weighted by Gasteiger charge is -2.43. The third kappa shape index (κ3) is 5.95. The first-order chi connectivity index (χ1) is 21.8. The van der Waals surface area contributed by atoms with E-state index in [1.54, 1.807) is 33.7 Å². The van der Waals surface area contributed by atoms with Gasteiger partial charge in [0.25, 0.3) is 0 Å². The predicted octanol–water partition coefficient (Wildman–Crippen LogP) is 5.45. The quantitative estimate of drug-likeness (QED) is 0.273. The van der Waals surface area contributed by atoms with Crippen LogP contribution in [-0.4, -0.2) is 87.1 Å². The number of fused-ring (bicyclic) bond motifs is 1. The number of amides is 3. The number of benzene rings is 1. The zero-order valence-corrected chi connectivity index (χ0v) is 28.1. The molecule has 7 atom stereocenters. The molecule has 3 heterocycles. The Bertz CT molecular complexity index is 1250. The fourth-order valence-electron chi connectivity index (χ4n) is 8.45. The normalized spacial score (nSPS) is 28.8. The Kier molecular flexibility index (Phi) is 10.7. The summed E-state index contributed by atoms with van der Waals surface area (Å²) in [7, 11) is 0. The molecule has 1 aromatic rings. The summed E-state index contributed by atoms with van der Waals surface area (Å²) < 4.78 is 4.90. The van der Waals surface area contributed by atoms with Gasteiger partial charge < -0.3 is 24.5 Å². The monoisotopic (exact) mass is 637 g/mol. The number of anilines is 1. The fraction of sp³-hybridized carbons (Fsp3) is 0.639. The molecular formula is C36H51N3O5S. The first kappa shape index (κ1) is 33.6. The molecule has 1 aromatic carbocycles. The minimum atomic E-state index is -0.728. The van der Waals surface area contributed by atoms with Gasteiger partial charge in [-0.3, -0.25) is 14.4 Å². The molecule has 4 fully saturated rings. The lowest BCUT2D eigenvalue weighted by Crippen LogP contribution is -2.60. The molecule has 3 saturated heterocycles. The number of aliphatic hydroxyl groups excluding tert-OH is 1. The molecule has 8 nitrogen and oxygen atoms in total. The smallest absolute Gasteiger partial charge is 0.247 e. The van der Waals surface area contributed by atoms with Crippen molar-refractivity contribution in [2.75, 3.05) is 31.2 Å². The number of likely N-dealkylation sites (tertiary alicyclic amines) is 1. The molecule has 1 spiro atoms. The Morgan fingerprint density at radius 2 is 1.78 bits per heavy atom. The van der Waals surface area contributed by atoms with E-state index >= 15 is 0 Å². The number of carbonyl (C=O) groups excluding carboxylic acids is 3. The number of rotatable bonds is 14. The number of nitrogens with zero attached hydrogens (tertiary/aromatic N) is 3. The van der Waals surface area contributed by atoms with E-state index in [9.17, 15) is 19.5 Å². The van der Waals surface area contributed by atoms with Gasteiger partial charge in [0.1, 0.15) is 11.8 Å². The van der Waals surface area contributed by atoms with Gasteiger partial charge in [0, 0.05) is 30.1 Å². The van der Waals surface area contributed by atoms with Crippen LogP contribution in [0.3, 0.4) is 0 Å². The van der Waals surface area contributed by atoms with Crippen LogP contribution in [0.4, 0.5) is 5.69 Å². The Morgan fingerprint density at radius 1 is 1.09 bits per heavy atom. The number of aliphatic hydroxyl groups is 1. The van der Waals surface area contributed by atoms with Gasteiger partial charge >= 0.3 is 0 Å². The summed E-state index contributed by atoms with van der Waals surface area (Å²) in [6, 6.07) is 6.34. The highest BCUT2D eigenvalue weighted by atomic mass is 32.2. The molecule has 4 aliphatic rings. The standard InChI is InChI=1S/C36H51N3O5S/c1-6-21-37(26-15-17-27(18-16-26)44-9-4)33(41)30-29-19-20-36(45-29)31(30)34(42)39(28(23-40)24(5)8-3)32(36)35(43)38(22-7-2)25-13-11-10-12-14-25/h6-7,15-18,24-25,28-32,40H,1-2,8-14,19-23H2,3-5H3/t24-,28-,29-,30+,31-,32?,36?/m0/s1. The van der Waals surface area contributed by atoms with Crippen LogP contribution in [0.25, 0.3) is 0 Å². The summed E-state index contributed by atoms with van der Waals surface area (Å²) in [4.78, 5) is 49.8. The minimum absolute atomic E-state index is 0.00974. The van der Waals surface area contributed by atoms with Gasteiger partial charge in [-0.05, 0) is 62.8 Å². The van der Waals surface area contributed by atoms with Crippen molar-refractivity contribution in [3.8, 4) is 5.75 Å². The first-order valence-electron chi connectivity index (χ1n) is 16.9. The van der Waals surface area contributed by atoms with Gasteiger partial charge in [-0.1, -0.05) is 51.7 Å². The second-order valence-corrected chi connectivity index (χ2v) is 14.8. The lowest BCUT2D eigenvalue weighted by molar-refractivity contribution is -0.148. The highest BCUT2D eigenvalue weighted by molar-refractivity contribution is 8.02. The number of carbonyl (C=O) groups is 3. The summed E-state index contributed by atoms with van der Waals surface area (Å²) >= 11 is 1.69. The van der Waals surface area contributed by atoms with Crippen LogP contribution < -0.4 is 9.64 Å². The van der Waals surface area contributed by atoms with Gasteiger partial charge in [0.15, 0.2) is 0 Å². The SMILES string of the molecule is C=CCN(C(=O)[C@@H]1[C@@H]2CCC3(S2)C(C(=O)N(CC=C)C2CCCCC2)N([C@@H](CO)[C@@H](C)CC)C(=O)[C@H]13)c1ccc(OCC)cc1. The van der Waals surface area contributed by atoms with Crippen molar-refractivity contribution in [3.63, 3.8) is 0 Å². The average molecular weight is 638 g/mol. The zero-order valence-electron chi connectivity index (χ0n) is 27.2. The maximum Gasteiger partial charge on any atom is 0.247 e. The Hall–Kier alpha value is -2.78. The van der Waals surface area contributed by atoms with E-state index in [0.29, 0.717) is 26.1 Å². The second-order valence-electron chi connectivity index (χ2n) is 13.2. The van der Waals surface area contributed by atoms with Crippen LogP contribution in [0.2, 0.25) is 0 Å². The van der Waals surface area contributed by atoms with Gasteiger partial charge in [0.2, 0.25) is 17.7 Å². The molecule has 0 radical (unpaired) electrons. The van der Waals surface area contributed by atoms with Gasteiger partial charge in [0.05, 0.1) is 35.8 Å². The van der Waals surface area contributed by atoms with Crippen LogP contribution >= 0.6 is 11.8 Å². The van der Waals surface area contributed by atoms with Crippen LogP contribution in [0.1, 0.15) is 72.1 Å². The Morgan fingerprint density at radius 3 is 2.38 bits per heavy atom. The van der Waals surface area contributed by atoms with Crippen molar-refractivity contribution in [2.45, 2.75) is 100 Å². The topological polar surface area (TPSA) is 90.4 Å². The molecule has 9 heteroatoms. The summed E-state index contributed by atoms with van der Waals surface area (Å²) in [5, 5.41) is 10.7. The third-order valence-electron chi connectivity index (χ3n) is 10.8. The summed E-state index contributed by atoms with van der Waals surface area (Å²) in [6.07, 6.45) is 10.9. The van der Waals surface area contributed by atoms with E-state index < -0.39 is 28.7 Å². The van der Waals surface area contributed by atoms with E-state index in [4.69, 9.17) is 4.74 Å². The third-order valence-corrected chi connectivity index (χ3v) is 12.7. The summed E-state index contributed by atoms with van der Waals surface area (Å²) in [5.74, 6) is -0.793. The van der Waals surface area contributed by atoms with Gasteiger partial charge in [-0.15, -0.1) is 24.9 Å². The molecule has 246 valence electrons. The maximum absolute atomic E-state index is 14.9. The molecular weight excluding hydrogens is 586 g/mol. The first-order valence-corrected chi connectivity index (χ1v) is 17.8. The molecule has 0 aromatic heterocycles. The van der Waals surface area contributed by atoms with Crippen molar-refractivity contribution in [1.29, 1.82) is 0 Å². The van der Waals surface area contributed by atoms with E-state index in [-0.39, 0.29) is 41.5 Å². The molecule has 5 rings (SSSR count). The second kappa shape index (κ2) is 14.3. The summed E-state index contributed by atoms with van der Waals surface area (Å²) in [6.45, 7) is 15.0. The van der Waals surface area contributed by atoms with Crippen molar-refractivity contribution in [3.05, 3.63) is 49.6 Å². The fourth-order valence-corrected chi connectivity index (χ4v) is 10.6. The number of hydrogen-bond acceptors (Lipinski definition) is 6. The van der Waals surface area contributed by atoms with Crippen LogP contribution in [0.15, 0.2) is 49.6 Å². The van der Waals surface area contributed by atoms with Gasteiger partial charge in [-0.25, -0.2) is 0 Å². The Labute approximate surface area is 273 Å². The molecule has 3 aliphatic heterocycles. The van der Waals surface area contributed by atoms with Crippen LogP contribution in [0.5, 0.6) is 5.75 Å². The van der Waals surface area contributed by atoms with E-state index in [2.05, 4.69) is 13.2 Å². The molecule has 2 unspecified atom stereocenters. The maximum atomic E-state index is 14.9. The minimum Gasteiger partial charge on any atom is -0.494 e. The predicted molar refractivity (Wildman–Crippen MR) is 180 cm³/mol. The number of ether oxygens (including phenoxy) is 1. The summed E-state index contributed by atoms with van der Waals surface area (Å²) in [5.41, 5.74) is 0.724. The average Bonchev–Trinajstić information content (AvgIpc) is 3.71.